The van der Waals surface area contributed by atoms with Gasteiger partial charge < -0.3 is 24.8 Å². The Morgan fingerprint density at radius 2 is 1.97 bits per heavy atom. The standard InChI is InChI=1S/C23H27ClN6O3/c1-14(21(31)25-2)33-19-12-15-11-16(7-8-18(15)29(3)22(19)32)27-20-17(24)13-26-23(28-20)30-9-5-4-6-10-30/h7-8,11-14H,4-6,9-10H2,1-3H3,(H,25,31)(H,26,27,28). The number of carbonyl (C=O) groups is 1. The monoisotopic (exact) mass is 470 g/mol. The van der Waals surface area contributed by atoms with E-state index in [2.05, 4.69) is 25.5 Å². The number of amides is 1. The molecule has 1 atom stereocenters. The molecule has 33 heavy (non-hydrogen) atoms. The smallest absolute Gasteiger partial charge is 0.293 e. The first-order chi connectivity index (χ1) is 15.9. The number of pyridine rings is 1. The van der Waals surface area contributed by atoms with Crippen LogP contribution in [0, 0.1) is 0 Å². The van der Waals surface area contributed by atoms with Gasteiger partial charge in [-0.1, -0.05) is 11.6 Å². The third kappa shape index (κ3) is 4.88. The first-order valence-corrected chi connectivity index (χ1v) is 11.3. The Labute approximate surface area is 196 Å². The van der Waals surface area contributed by atoms with Crippen molar-refractivity contribution in [3.63, 3.8) is 0 Å². The van der Waals surface area contributed by atoms with Gasteiger partial charge in [0.05, 0.1) is 11.7 Å². The number of likely N-dealkylation sites (N-methyl/N-ethyl adjacent to an activating group) is 1. The van der Waals surface area contributed by atoms with E-state index in [1.807, 2.05) is 18.2 Å². The van der Waals surface area contributed by atoms with Crippen molar-refractivity contribution in [2.75, 3.05) is 30.4 Å². The number of fused-ring (bicyclic) bond motifs is 1. The molecule has 2 N–H and O–H groups in total. The molecule has 1 fully saturated rings. The van der Waals surface area contributed by atoms with E-state index in [4.69, 9.17) is 16.3 Å². The van der Waals surface area contributed by atoms with Crippen LogP contribution in [-0.2, 0) is 11.8 Å². The number of ether oxygens (including phenoxy) is 1. The fourth-order valence-electron chi connectivity index (χ4n) is 3.89. The summed E-state index contributed by atoms with van der Waals surface area (Å²) in [4.78, 5) is 35.7. The molecular formula is C23H27ClN6O3. The van der Waals surface area contributed by atoms with Crippen molar-refractivity contribution < 1.29 is 9.53 Å². The predicted octanol–water partition coefficient (Wildman–Crippen LogP) is 3.23. The van der Waals surface area contributed by atoms with Crippen LogP contribution < -0.4 is 25.8 Å². The average Bonchev–Trinajstić information content (AvgIpc) is 2.83. The molecule has 0 bridgehead atoms. The summed E-state index contributed by atoms with van der Waals surface area (Å²) in [5.74, 6) is 0.964. The molecule has 0 radical (unpaired) electrons. The molecule has 10 heteroatoms. The second-order valence-corrected chi connectivity index (χ2v) is 8.47. The number of carbonyl (C=O) groups excluding carboxylic acids is 1. The van der Waals surface area contributed by atoms with E-state index in [1.165, 1.54) is 18.0 Å². The van der Waals surface area contributed by atoms with E-state index in [0.717, 1.165) is 42.5 Å². The molecular weight excluding hydrogens is 444 g/mol. The van der Waals surface area contributed by atoms with Crippen molar-refractivity contribution in [3.8, 4) is 5.75 Å². The Morgan fingerprint density at radius 1 is 1.21 bits per heavy atom. The molecule has 0 saturated carbocycles. The van der Waals surface area contributed by atoms with Gasteiger partial charge in [0.15, 0.2) is 17.7 Å². The number of nitrogens with one attached hydrogen (secondary N) is 2. The number of rotatable bonds is 6. The third-order valence-electron chi connectivity index (χ3n) is 5.74. The van der Waals surface area contributed by atoms with Crippen molar-refractivity contribution in [1.29, 1.82) is 0 Å². The fourth-order valence-corrected chi connectivity index (χ4v) is 4.03. The van der Waals surface area contributed by atoms with Crippen molar-refractivity contribution in [2.24, 2.45) is 7.05 Å². The highest BCUT2D eigenvalue weighted by Gasteiger charge is 2.18. The van der Waals surface area contributed by atoms with Gasteiger partial charge in [0.25, 0.3) is 11.5 Å². The third-order valence-corrected chi connectivity index (χ3v) is 6.02. The predicted molar refractivity (Wildman–Crippen MR) is 130 cm³/mol. The van der Waals surface area contributed by atoms with Gasteiger partial charge in [0, 0.05) is 38.3 Å². The maximum absolute atomic E-state index is 12.7. The quantitative estimate of drug-likeness (QED) is 0.570. The largest absolute Gasteiger partial charge is 0.475 e. The first kappa shape index (κ1) is 22.8. The minimum Gasteiger partial charge on any atom is -0.475 e. The molecule has 3 heterocycles. The first-order valence-electron chi connectivity index (χ1n) is 10.9. The minimum atomic E-state index is -0.797. The normalized spacial score (nSPS) is 14.7. The Hall–Kier alpha value is -3.33. The zero-order valence-corrected chi connectivity index (χ0v) is 19.6. The van der Waals surface area contributed by atoms with Crippen LogP contribution >= 0.6 is 11.6 Å². The van der Waals surface area contributed by atoms with E-state index in [9.17, 15) is 9.59 Å². The molecule has 1 saturated heterocycles. The highest BCUT2D eigenvalue weighted by atomic mass is 35.5. The number of benzene rings is 1. The summed E-state index contributed by atoms with van der Waals surface area (Å²) in [6, 6.07) is 7.22. The highest BCUT2D eigenvalue weighted by Crippen LogP contribution is 2.28. The summed E-state index contributed by atoms with van der Waals surface area (Å²) in [6.07, 6.45) is 4.29. The van der Waals surface area contributed by atoms with Crippen molar-refractivity contribution in [1.82, 2.24) is 19.9 Å². The van der Waals surface area contributed by atoms with Gasteiger partial charge in [-0.05, 0) is 50.5 Å². The van der Waals surface area contributed by atoms with Crippen LogP contribution in [0.5, 0.6) is 5.75 Å². The summed E-state index contributed by atoms with van der Waals surface area (Å²) in [6.45, 7) is 3.46. The second-order valence-electron chi connectivity index (χ2n) is 8.06. The summed E-state index contributed by atoms with van der Waals surface area (Å²) in [5, 5.41) is 6.96. The van der Waals surface area contributed by atoms with E-state index in [-0.39, 0.29) is 17.2 Å². The van der Waals surface area contributed by atoms with Gasteiger partial charge in [-0.2, -0.15) is 4.98 Å². The molecule has 3 aromatic rings. The fraction of sp³-hybridized carbons (Fsp3) is 0.391. The zero-order chi connectivity index (χ0) is 23.5. The minimum absolute atomic E-state index is 0.103. The summed E-state index contributed by atoms with van der Waals surface area (Å²) in [7, 11) is 3.19. The molecule has 9 nitrogen and oxygen atoms in total. The van der Waals surface area contributed by atoms with Crippen molar-refractivity contribution in [3.05, 3.63) is 45.8 Å². The van der Waals surface area contributed by atoms with E-state index in [0.29, 0.717) is 16.8 Å². The number of piperidine rings is 1. The van der Waals surface area contributed by atoms with Crippen molar-refractivity contribution >= 4 is 45.9 Å². The van der Waals surface area contributed by atoms with Crippen LogP contribution in [-0.4, -0.2) is 46.7 Å². The van der Waals surface area contributed by atoms with Crippen LogP contribution in [0.25, 0.3) is 10.9 Å². The number of nitrogens with zero attached hydrogens (tertiary/aromatic N) is 4. The lowest BCUT2D eigenvalue weighted by Gasteiger charge is -2.26. The molecule has 0 spiro atoms. The van der Waals surface area contributed by atoms with Gasteiger partial charge in [-0.15, -0.1) is 0 Å². The van der Waals surface area contributed by atoms with Crippen LogP contribution in [0.15, 0.2) is 35.3 Å². The number of halogens is 1. The Kier molecular flexibility index (Phi) is 6.69. The number of aryl methyl sites for hydroxylation is 1. The Bertz CT molecular complexity index is 1240. The topological polar surface area (TPSA) is 101 Å². The maximum atomic E-state index is 12.7. The average molecular weight is 471 g/mol. The molecule has 174 valence electrons. The highest BCUT2D eigenvalue weighted by molar-refractivity contribution is 6.32. The van der Waals surface area contributed by atoms with E-state index < -0.39 is 6.10 Å². The summed E-state index contributed by atoms with van der Waals surface area (Å²) >= 11 is 6.37. The maximum Gasteiger partial charge on any atom is 0.293 e. The van der Waals surface area contributed by atoms with Crippen molar-refractivity contribution in [2.45, 2.75) is 32.3 Å². The van der Waals surface area contributed by atoms with Gasteiger partial charge in [0.2, 0.25) is 5.95 Å². The molecule has 1 aromatic carbocycles. The molecule has 1 aliphatic rings. The van der Waals surface area contributed by atoms with E-state index >= 15 is 0 Å². The van der Waals surface area contributed by atoms with Gasteiger partial charge >= 0.3 is 0 Å². The Morgan fingerprint density at radius 3 is 2.70 bits per heavy atom. The SMILES string of the molecule is CNC(=O)C(C)Oc1cc2cc(Nc3nc(N4CCCCC4)ncc3Cl)ccc2n(C)c1=O. The number of anilines is 3. The molecule has 1 amide bonds. The lowest BCUT2D eigenvalue weighted by Crippen LogP contribution is -2.35. The lowest BCUT2D eigenvalue weighted by atomic mass is 10.1. The summed E-state index contributed by atoms with van der Waals surface area (Å²) in [5.41, 5.74) is 1.16. The molecule has 2 aromatic heterocycles. The van der Waals surface area contributed by atoms with Gasteiger partial charge in [-0.3, -0.25) is 9.59 Å². The van der Waals surface area contributed by atoms with Crippen LogP contribution in [0.3, 0.4) is 0 Å². The number of hydrogen-bond donors (Lipinski definition) is 2. The summed E-state index contributed by atoms with van der Waals surface area (Å²) < 4.78 is 7.13. The molecule has 4 rings (SSSR count). The van der Waals surface area contributed by atoms with Crippen LogP contribution in [0.1, 0.15) is 26.2 Å². The van der Waals surface area contributed by atoms with Gasteiger partial charge in [-0.25, -0.2) is 4.98 Å². The lowest BCUT2D eigenvalue weighted by molar-refractivity contribution is -0.126. The number of hydrogen-bond acceptors (Lipinski definition) is 7. The van der Waals surface area contributed by atoms with Crippen LogP contribution in [0.4, 0.5) is 17.5 Å². The van der Waals surface area contributed by atoms with E-state index in [1.54, 1.807) is 26.2 Å². The molecule has 1 aliphatic heterocycles. The molecule has 1 unspecified atom stereocenters. The number of aromatic nitrogens is 3. The molecule has 0 aliphatic carbocycles. The van der Waals surface area contributed by atoms with Crippen LogP contribution in [0.2, 0.25) is 5.02 Å². The van der Waals surface area contributed by atoms with Gasteiger partial charge in [0.1, 0.15) is 5.02 Å². The second kappa shape index (κ2) is 9.66. The Balaban J connectivity index is 1.64. The zero-order valence-electron chi connectivity index (χ0n) is 18.9.